The van der Waals surface area contributed by atoms with Gasteiger partial charge in [-0.2, -0.15) is 8.42 Å². The first-order valence-electron chi connectivity index (χ1n) is 5.79. The summed E-state index contributed by atoms with van der Waals surface area (Å²) in [5.41, 5.74) is 0. The highest BCUT2D eigenvalue weighted by atomic mass is 32.2. The molecule has 0 aromatic heterocycles. The Hall–Kier alpha value is -1.61. The first kappa shape index (κ1) is 16.4. The summed E-state index contributed by atoms with van der Waals surface area (Å²) in [5, 5.41) is 0. The summed E-state index contributed by atoms with van der Waals surface area (Å²) in [5.74, 6) is -0.653. The van der Waals surface area contributed by atoms with E-state index in [1.54, 1.807) is 0 Å². The van der Waals surface area contributed by atoms with E-state index in [1.165, 1.54) is 13.2 Å². The Kier molecular flexibility index (Phi) is 5.52. The molecule has 0 N–H and O–H groups in total. The number of hydrogen-bond acceptors (Lipinski definition) is 7. The maximum atomic E-state index is 11.8. The molecule has 0 saturated carbocycles. The number of carbonyl (C=O) groups excluding carboxylic acids is 2. The van der Waals surface area contributed by atoms with E-state index in [4.69, 9.17) is 8.92 Å². The van der Waals surface area contributed by atoms with Crippen LogP contribution >= 0.6 is 0 Å². The molecule has 0 aromatic rings. The van der Waals surface area contributed by atoms with E-state index in [9.17, 15) is 18.0 Å². The number of amides is 1. The summed E-state index contributed by atoms with van der Waals surface area (Å²) in [6.07, 6.45) is 0.762. The van der Waals surface area contributed by atoms with Gasteiger partial charge < -0.3 is 9.47 Å². The molecular formula is C11H17NO7S. The Morgan fingerprint density at radius 1 is 1.45 bits per heavy atom. The predicted molar refractivity (Wildman–Crippen MR) is 68.4 cm³/mol. The molecule has 1 aliphatic heterocycles. The van der Waals surface area contributed by atoms with Crippen molar-refractivity contribution in [3.05, 3.63) is 12.7 Å². The Morgan fingerprint density at radius 3 is 2.60 bits per heavy atom. The van der Waals surface area contributed by atoms with Gasteiger partial charge in [0.2, 0.25) is 0 Å². The van der Waals surface area contributed by atoms with Crippen LogP contribution in [0.3, 0.4) is 0 Å². The van der Waals surface area contributed by atoms with E-state index in [1.807, 2.05) is 0 Å². The van der Waals surface area contributed by atoms with E-state index < -0.39 is 34.3 Å². The molecule has 9 heteroatoms. The number of methoxy groups -OCH3 is 1. The Labute approximate surface area is 117 Å². The quantitative estimate of drug-likeness (QED) is 0.397. The molecule has 8 nitrogen and oxygen atoms in total. The summed E-state index contributed by atoms with van der Waals surface area (Å²) < 4.78 is 36.4. The standard InChI is InChI=1S/C11H17NO7S/c1-4-5-18-11(14)12-7-8(19-20(3,15)16)6-9(12)10(13)17-2/h4,8-9H,1,5-7H2,2-3H3/t8?,9-/m0/s1. The summed E-state index contributed by atoms with van der Waals surface area (Å²) >= 11 is 0. The van der Waals surface area contributed by atoms with Crippen LogP contribution in [0.4, 0.5) is 4.79 Å². The third-order valence-corrected chi connectivity index (χ3v) is 3.23. The van der Waals surface area contributed by atoms with Gasteiger partial charge in [-0.1, -0.05) is 12.7 Å². The Balaban J connectivity index is 2.80. The van der Waals surface area contributed by atoms with Crippen LogP contribution in [-0.4, -0.2) is 64.0 Å². The van der Waals surface area contributed by atoms with Crippen molar-refractivity contribution in [2.75, 3.05) is 26.5 Å². The second-order valence-corrected chi connectivity index (χ2v) is 5.82. The van der Waals surface area contributed by atoms with Crippen molar-refractivity contribution in [3.8, 4) is 0 Å². The molecule has 1 rings (SSSR count). The number of rotatable bonds is 5. The van der Waals surface area contributed by atoms with Crippen molar-refractivity contribution in [2.45, 2.75) is 18.6 Å². The third-order valence-electron chi connectivity index (χ3n) is 2.61. The fraction of sp³-hybridized carbons (Fsp3) is 0.636. The van der Waals surface area contributed by atoms with Crippen LogP contribution in [0, 0.1) is 0 Å². The van der Waals surface area contributed by atoms with Gasteiger partial charge in [-0.25, -0.2) is 9.59 Å². The predicted octanol–water partition coefficient (Wildman–Crippen LogP) is -0.0989. The van der Waals surface area contributed by atoms with Crippen molar-refractivity contribution in [1.82, 2.24) is 4.90 Å². The molecule has 1 fully saturated rings. The maximum absolute atomic E-state index is 11.8. The molecule has 0 aromatic carbocycles. The zero-order chi connectivity index (χ0) is 15.3. The van der Waals surface area contributed by atoms with Gasteiger partial charge in [0.25, 0.3) is 10.1 Å². The van der Waals surface area contributed by atoms with Gasteiger partial charge in [-0.3, -0.25) is 9.08 Å². The summed E-state index contributed by atoms with van der Waals surface area (Å²) in [4.78, 5) is 24.5. The molecule has 1 saturated heterocycles. The Morgan fingerprint density at radius 2 is 2.10 bits per heavy atom. The number of likely N-dealkylation sites (tertiary alicyclic amines) is 1. The minimum absolute atomic E-state index is 0.0131. The van der Waals surface area contributed by atoms with E-state index in [0.29, 0.717) is 0 Å². The highest BCUT2D eigenvalue weighted by molar-refractivity contribution is 7.86. The van der Waals surface area contributed by atoms with Gasteiger partial charge in [0, 0.05) is 6.42 Å². The summed E-state index contributed by atoms with van der Waals surface area (Å²) in [7, 11) is -2.50. The van der Waals surface area contributed by atoms with E-state index in [2.05, 4.69) is 11.3 Å². The average Bonchev–Trinajstić information content (AvgIpc) is 2.76. The van der Waals surface area contributed by atoms with Gasteiger partial charge in [0.15, 0.2) is 0 Å². The Bertz CT molecular complexity index is 487. The smallest absolute Gasteiger partial charge is 0.410 e. The van der Waals surface area contributed by atoms with E-state index in [-0.39, 0.29) is 19.6 Å². The van der Waals surface area contributed by atoms with E-state index >= 15 is 0 Å². The zero-order valence-corrected chi connectivity index (χ0v) is 12.1. The minimum Gasteiger partial charge on any atom is -0.467 e. The zero-order valence-electron chi connectivity index (χ0n) is 11.3. The van der Waals surface area contributed by atoms with Crippen molar-refractivity contribution < 1.29 is 31.7 Å². The van der Waals surface area contributed by atoms with Crippen molar-refractivity contribution in [3.63, 3.8) is 0 Å². The molecule has 114 valence electrons. The van der Waals surface area contributed by atoms with Crippen LogP contribution in [0.15, 0.2) is 12.7 Å². The van der Waals surface area contributed by atoms with Gasteiger partial charge in [0.05, 0.1) is 26.0 Å². The largest absolute Gasteiger partial charge is 0.467 e. The maximum Gasteiger partial charge on any atom is 0.410 e. The van der Waals surface area contributed by atoms with Crippen molar-refractivity contribution >= 4 is 22.2 Å². The molecule has 1 amide bonds. The van der Waals surface area contributed by atoms with Crippen LogP contribution in [0.5, 0.6) is 0 Å². The lowest BCUT2D eigenvalue weighted by Gasteiger charge is -2.21. The normalized spacial score (nSPS) is 22.4. The monoisotopic (exact) mass is 307 g/mol. The van der Waals surface area contributed by atoms with Crippen molar-refractivity contribution in [1.29, 1.82) is 0 Å². The highest BCUT2D eigenvalue weighted by Gasteiger charge is 2.42. The molecule has 1 unspecified atom stereocenters. The number of nitrogens with zero attached hydrogens (tertiary/aromatic N) is 1. The molecular weight excluding hydrogens is 290 g/mol. The van der Waals surface area contributed by atoms with Gasteiger partial charge in [-0.05, 0) is 0 Å². The number of hydrogen-bond donors (Lipinski definition) is 0. The second kappa shape index (κ2) is 6.71. The van der Waals surface area contributed by atoms with Crippen LogP contribution in [0.25, 0.3) is 0 Å². The summed E-state index contributed by atoms with van der Waals surface area (Å²) in [6.45, 7) is 3.32. The number of ether oxygens (including phenoxy) is 2. The molecule has 0 spiro atoms. The molecule has 1 aliphatic rings. The summed E-state index contributed by atoms with van der Waals surface area (Å²) in [6, 6.07) is -0.927. The topological polar surface area (TPSA) is 99.2 Å². The van der Waals surface area contributed by atoms with Crippen LogP contribution in [0.2, 0.25) is 0 Å². The molecule has 20 heavy (non-hydrogen) atoms. The lowest BCUT2D eigenvalue weighted by molar-refractivity contribution is -0.145. The highest BCUT2D eigenvalue weighted by Crippen LogP contribution is 2.23. The SMILES string of the molecule is C=CCOC(=O)N1CC(OS(C)(=O)=O)C[C@H]1C(=O)OC. The lowest BCUT2D eigenvalue weighted by Crippen LogP contribution is -2.41. The first-order chi connectivity index (χ1) is 9.28. The third kappa shape index (κ3) is 4.49. The van der Waals surface area contributed by atoms with Gasteiger partial charge in [0.1, 0.15) is 12.6 Å². The van der Waals surface area contributed by atoms with Crippen LogP contribution in [0.1, 0.15) is 6.42 Å². The van der Waals surface area contributed by atoms with Crippen LogP contribution in [-0.2, 0) is 28.6 Å². The molecule has 0 aliphatic carbocycles. The second-order valence-electron chi connectivity index (χ2n) is 4.21. The first-order valence-corrected chi connectivity index (χ1v) is 7.60. The fourth-order valence-corrected chi connectivity index (χ4v) is 2.52. The van der Waals surface area contributed by atoms with Crippen molar-refractivity contribution in [2.24, 2.45) is 0 Å². The molecule has 0 bridgehead atoms. The minimum atomic E-state index is -3.68. The lowest BCUT2D eigenvalue weighted by atomic mass is 10.2. The van der Waals surface area contributed by atoms with Crippen LogP contribution < -0.4 is 0 Å². The number of esters is 1. The molecule has 0 radical (unpaired) electrons. The molecule has 2 atom stereocenters. The fourth-order valence-electron chi connectivity index (χ4n) is 1.89. The van der Waals surface area contributed by atoms with E-state index in [0.717, 1.165) is 11.2 Å². The van der Waals surface area contributed by atoms with Gasteiger partial charge in [-0.15, -0.1) is 0 Å². The number of carbonyl (C=O) groups is 2. The molecule has 1 heterocycles. The average molecular weight is 307 g/mol. The van der Waals surface area contributed by atoms with Gasteiger partial charge >= 0.3 is 12.1 Å².